The Morgan fingerprint density at radius 3 is 2.48 bits per heavy atom. The highest BCUT2D eigenvalue weighted by molar-refractivity contribution is 6.47. The zero-order valence-corrected chi connectivity index (χ0v) is 16.1. The molecule has 3 saturated carbocycles. The normalized spacial score (nSPS) is 39.8. The predicted molar refractivity (Wildman–Crippen MR) is 94.3 cm³/mol. The standard InChI is InChI=1S/C19H35BO3/c1-8-9-10-16(21-17(2,3)4)20-22-15-12-13-11-14(18(13,5)6)19(15,7)23-20/h13-16H,8-12H2,1-7H3/t13-,14-,15+,16-,19-/m0/s1. The lowest BCUT2D eigenvalue weighted by atomic mass is 9.43. The molecule has 0 unspecified atom stereocenters. The molecule has 0 aromatic heterocycles. The third-order valence-electron chi connectivity index (χ3n) is 6.62. The van der Waals surface area contributed by atoms with Crippen LogP contribution in [0.4, 0.5) is 0 Å². The highest BCUT2D eigenvalue weighted by Gasteiger charge is 2.68. The van der Waals surface area contributed by atoms with E-state index in [0.29, 0.717) is 11.3 Å². The van der Waals surface area contributed by atoms with Gasteiger partial charge in [-0.2, -0.15) is 0 Å². The van der Waals surface area contributed by atoms with Crippen LogP contribution in [0, 0.1) is 17.3 Å². The van der Waals surface area contributed by atoms with Crippen LogP contribution < -0.4 is 0 Å². The zero-order chi connectivity index (χ0) is 17.0. The van der Waals surface area contributed by atoms with Crippen molar-refractivity contribution in [3.05, 3.63) is 0 Å². The van der Waals surface area contributed by atoms with Crippen molar-refractivity contribution >= 4 is 7.12 Å². The van der Waals surface area contributed by atoms with E-state index in [4.69, 9.17) is 14.0 Å². The average Bonchev–Trinajstić information content (AvgIpc) is 2.78. The van der Waals surface area contributed by atoms with Gasteiger partial charge in [0.25, 0.3) is 0 Å². The van der Waals surface area contributed by atoms with Gasteiger partial charge in [0.15, 0.2) is 0 Å². The molecule has 3 aliphatic carbocycles. The SMILES string of the molecule is CCCC[C@H](OC(C)(C)C)B1O[C@@H]2C[C@@H]3C[C@@H](C3(C)C)[C@]2(C)O1. The van der Waals surface area contributed by atoms with Crippen LogP contribution in [0.15, 0.2) is 0 Å². The van der Waals surface area contributed by atoms with Crippen molar-refractivity contribution in [3.63, 3.8) is 0 Å². The molecule has 4 heteroatoms. The highest BCUT2D eigenvalue weighted by Crippen LogP contribution is 2.65. The van der Waals surface area contributed by atoms with Crippen molar-refractivity contribution in [2.75, 3.05) is 0 Å². The van der Waals surface area contributed by atoms with Gasteiger partial charge in [0, 0.05) is 0 Å². The molecule has 1 heterocycles. The minimum atomic E-state index is -0.203. The summed E-state index contributed by atoms with van der Waals surface area (Å²) in [6, 6.07) is 0.0395. The monoisotopic (exact) mass is 322 g/mol. The third-order valence-corrected chi connectivity index (χ3v) is 6.62. The number of rotatable bonds is 5. The Morgan fingerprint density at radius 1 is 1.22 bits per heavy atom. The summed E-state index contributed by atoms with van der Waals surface area (Å²) in [6.07, 6.45) is 6.04. The summed E-state index contributed by atoms with van der Waals surface area (Å²) in [4.78, 5) is 0. The number of ether oxygens (including phenoxy) is 1. The Bertz CT molecular complexity index is 444. The fraction of sp³-hybridized carbons (Fsp3) is 1.00. The van der Waals surface area contributed by atoms with Crippen LogP contribution in [0.5, 0.6) is 0 Å². The Kier molecular flexibility index (Phi) is 4.43. The zero-order valence-electron chi connectivity index (χ0n) is 16.1. The first-order valence-electron chi connectivity index (χ1n) is 9.59. The van der Waals surface area contributed by atoms with Gasteiger partial charge in [-0.05, 0) is 64.2 Å². The van der Waals surface area contributed by atoms with Crippen LogP contribution in [0.1, 0.15) is 80.6 Å². The molecule has 0 spiro atoms. The number of hydrogen-bond acceptors (Lipinski definition) is 3. The van der Waals surface area contributed by atoms with E-state index in [1.165, 1.54) is 12.8 Å². The summed E-state index contributed by atoms with van der Waals surface area (Å²) < 4.78 is 19.3. The molecular formula is C19H35BO3. The maximum Gasteiger partial charge on any atom is 0.488 e. The summed E-state index contributed by atoms with van der Waals surface area (Å²) in [6.45, 7) is 15.7. The molecule has 0 N–H and O–H groups in total. The fourth-order valence-electron chi connectivity index (χ4n) is 5.17. The van der Waals surface area contributed by atoms with E-state index < -0.39 is 0 Å². The molecule has 0 aromatic rings. The Hall–Kier alpha value is -0.0551. The maximum absolute atomic E-state index is 6.60. The second kappa shape index (κ2) is 5.74. The van der Waals surface area contributed by atoms with Gasteiger partial charge in [-0.3, -0.25) is 0 Å². The lowest BCUT2D eigenvalue weighted by Gasteiger charge is -2.64. The molecule has 4 fully saturated rings. The van der Waals surface area contributed by atoms with E-state index in [-0.39, 0.29) is 30.4 Å². The molecule has 0 amide bonds. The molecule has 5 atom stereocenters. The molecule has 1 saturated heterocycles. The minimum Gasteiger partial charge on any atom is -0.404 e. The van der Waals surface area contributed by atoms with E-state index in [9.17, 15) is 0 Å². The summed E-state index contributed by atoms with van der Waals surface area (Å²) in [5.74, 6) is 1.41. The van der Waals surface area contributed by atoms with Crippen molar-refractivity contribution < 1.29 is 14.0 Å². The fourth-order valence-corrected chi connectivity index (χ4v) is 5.17. The van der Waals surface area contributed by atoms with Gasteiger partial charge in [0.2, 0.25) is 0 Å². The Labute approximate surface area is 143 Å². The summed E-state index contributed by atoms with van der Waals surface area (Å²) in [7, 11) is -0.203. The van der Waals surface area contributed by atoms with Crippen LogP contribution in [0.25, 0.3) is 0 Å². The largest absolute Gasteiger partial charge is 0.488 e. The molecule has 4 aliphatic rings. The Morgan fingerprint density at radius 2 is 1.91 bits per heavy atom. The quantitative estimate of drug-likeness (QED) is 0.691. The van der Waals surface area contributed by atoms with Crippen molar-refractivity contribution in [3.8, 4) is 0 Å². The van der Waals surface area contributed by atoms with Crippen LogP contribution in [-0.4, -0.2) is 30.4 Å². The molecular weight excluding hydrogens is 287 g/mol. The topological polar surface area (TPSA) is 27.7 Å². The average molecular weight is 322 g/mol. The van der Waals surface area contributed by atoms with Crippen molar-refractivity contribution in [2.45, 2.75) is 104 Å². The molecule has 23 heavy (non-hydrogen) atoms. The lowest BCUT2D eigenvalue weighted by molar-refractivity contribution is -0.199. The summed E-state index contributed by atoms with van der Waals surface area (Å²) >= 11 is 0. The number of hydrogen-bond donors (Lipinski definition) is 0. The van der Waals surface area contributed by atoms with Crippen molar-refractivity contribution in [2.24, 2.45) is 17.3 Å². The molecule has 132 valence electrons. The maximum atomic E-state index is 6.60. The van der Waals surface area contributed by atoms with E-state index in [1.807, 2.05) is 0 Å². The van der Waals surface area contributed by atoms with Gasteiger partial charge in [0.1, 0.15) is 0 Å². The lowest BCUT2D eigenvalue weighted by Crippen LogP contribution is -2.65. The summed E-state index contributed by atoms with van der Waals surface area (Å²) in [5, 5.41) is 0. The van der Waals surface area contributed by atoms with E-state index >= 15 is 0 Å². The van der Waals surface area contributed by atoms with Crippen LogP contribution in [0.2, 0.25) is 0 Å². The van der Waals surface area contributed by atoms with Gasteiger partial charge in [0.05, 0.1) is 23.3 Å². The second-order valence-electron chi connectivity index (χ2n) is 9.75. The predicted octanol–water partition coefficient (Wildman–Crippen LogP) is 4.63. The van der Waals surface area contributed by atoms with Gasteiger partial charge in [-0.1, -0.05) is 33.6 Å². The van der Waals surface area contributed by atoms with Gasteiger partial charge < -0.3 is 14.0 Å². The van der Waals surface area contributed by atoms with E-state index in [1.54, 1.807) is 0 Å². The van der Waals surface area contributed by atoms with Gasteiger partial charge in [-0.25, -0.2) is 0 Å². The molecule has 2 bridgehead atoms. The first-order chi connectivity index (χ1) is 10.6. The number of unbranched alkanes of at least 4 members (excludes halogenated alkanes) is 1. The Balaban J connectivity index is 1.74. The van der Waals surface area contributed by atoms with Crippen LogP contribution in [-0.2, 0) is 14.0 Å². The first-order valence-corrected chi connectivity index (χ1v) is 9.59. The smallest absolute Gasteiger partial charge is 0.404 e. The molecule has 3 nitrogen and oxygen atoms in total. The molecule has 1 aliphatic heterocycles. The molecule has 4 rings (SSSR count). The minimum absolute atomic E-state index is 0.0395. The van der Waals surface area contributed by atoms with Crippen LogP contribution in [0.3, 0.4) is 0 Å². The second-order valence-corrected chi connectivity index (χ2v) is 9.75. The van der Waals surface area contributed by atoms with Crippen LogP contribution >= 0.6 is 0 Å². The van der Waals surface area contributed by atoms with Crippen molar-refractivity contribution in [1.82, 2.24) is 0 Å². The van der Waals surface area contributed by atoms with Crippen molar-refractivity contribution in [1.29, 1.82) is 0 Å². The highest BCUT2D eigenvalue weighted by atomic mass is 16.7. The van der Waals surface area contributed by atoms with E-state index in [2.05, 4.69) is 48.5 Å². The molecule has 0 radical (unpaired) electrons. The molecule has 0 aromatic carbocycles. The van der Waals surface area contributed by atoms with Gasteiger partial charge >= 0.3 is 7.12 Å². The first kappa shape index (κ1) is 17.8. The summed E-state index contributed by atoms with van der Waals surface area (Å²) in [5.41, 5.74) is 0.100. The van der Waals surface area contributed by atoms with E-state index in [0.717, 1.165) is 25.2 Å². The third kappa shape index (κ3) is 3.00. The van der Waals surface area contributed by atoms with Gasteiger partial charge in [-0.15, -0.1) is 0 Å².